The predicted molar refractivity (Wildman–Crippen MR) is 207 cm³/mol. The van der Waals surface area contributed by atoms with Gasteiger partial charge < -0.3 is 17.7 Å². The molecule has 6 heteroatoms. The summed E-state index contributed by atoms with van der Waals surface area (Å²) in [6.07, 6.45) is 8.44. The molecule has 0 heterocycles. The van der Waals surface area contributed by atoms with E-state index in [-0.39, 0.29) is 16.2 Å². The van der Waals surface area contributed by atoms with Crippen LogP contribution in [0.3, 0.4) is 0 Å². The first-order valence-electron chi connectivity index (χ1n) is 17.2. The summed E-state index contributed by atoms with van der Waals surface area (Å²) in [5.41, 5.74) is 3.75. The molecule has 264 valence electrons. The number of benzene rings is 1. The maximum absolute atomic E-state index is 6.08. The van der Waals surface area contributed by atoms with E-state index in [1.54, 1.807) is 13.8 Å². The molecule has 1 rings (SSSR count). The number of unbranched alkanes of at least 4 members (excludes halogenated alkanes) is 1. The standard InChI is InChI=1S/C34H60O2Si.C6H12O2Si/c1-15-16-22-31(6,7)25-33(10,11)29-18-20-30(21-19-29)34(12,13)26-32(8,9)23-17-24-37(14,35-27(2)3)36-28(4)5;1-5(2)7-9-8-6(3)4/h18-21H,2,4,15-17,22-26H2,1,3,5-14H3;1,3,9H2,2,4H3. The lowest BCUT2D eigenvalue weighted by atomic mass is 9.68. The fourth-order valence-electron chi connectivity index (χ4n) is 6.78. The van der Waals surface area contributed by atoms with Crippen molar-refractivity contribution in [2.45, 2.75) is 158 Å². The third kappa shape index (κ3) is 18.8. The molecule has 0 N–H and O–H groups in total. The Morgan fingerprint density at radius 2 is 0.978 bits per heavy atom. The van der Waals surface area contributed by atoms with Gasteiger partial charge in [-0.1, -0.05) is 126 Å². The molecular weight excluding hydrogens is 601 g/mol. The lowest BCUT2D eigenvalue weighted by molar-refractivity contribution is 0.227. The molecule has 0 aliphatic rings. The average molecular weight is 673 g/mol. The molecule has 0 atom stereocenters. The van der Waals surface area contributed by atoms with Crippen molar-refractivity contribution < 1.29 is 17.7 Å². The highest BCUT2D eigenvalue weighted by molar-refractivity contribution is 6.66. The van der Waals surface area contributed by atoms with Gasteiger partial charge in [0.1, 0.15) is 0 Å². The number of hydrogen-bond acceptors (Lipinski definition) is 4. The second-order valence-electron chi connectivity index (χ2n) is 16.5. The molecule has 46 heavy (non-hydrogen) atoms. The number of hydrogen-bond donors (Lipinski definition) is 0. The van der Waals surface area contributed by atoms with E-state index in [1.807, 2.05) is 13.8 Å². The minimum Gasteiger partial charge on any atom is -0.521 e. The molecule has 0 unspecified atom stereocenters. The number of allylic oxidation sites excluding steroid dienone is 4. The molecule has 0 saturated heterocycles. The molecular formula is C40H72O4Si2. The molecule has 0 aromatic heterocycles. The SMILES string of the molecule is C=C(C)O[SiH2]OC(=C)C.C=C(C)O[Si](C)(CCCC(C)(C)CC(C)(C)c1ccc(C(C)(C)CC(C)(C)CCCC)cc1)OC(=C)C. The summed E-state index contributed by atoms with van der Waals surface area (Å²) in [5, 5.41) is 0. The van der Waals surface area contributed by atoms with Crippen LogP contribution in [0.15, 0.2) is 73.6 Å². The molecule has 0 aliphatic heterocycles. The van der Waals surface area contributed by atoms with E-state index in [2.05, 4.69) is 119 Å². The van der Waals surface area contributed by atoms with Gasteiger partial charge in [-0.15, -0.1) is 0 Å². The van der Waals surface area contributed by atoms with Crippen molar-refractivity contribution >= 4 is 18.6 Å². The molecule has 0 bridgehead atoms. The third-order valence-electron chi connectivity index (χ3n) is 8.37. The first-order chi connectivity index (χ1) is 20.9. The topological polar surface area (TPSA) is 36.9 Å². The summed E-state index contributed by atoms with van der Waals surface area (Å²) in [6.45, 7) is 46.1. The summed E-state index contributed by atoms with van der Waals surface area (Å²) < 4.78 is 22.2. The quantitative estimate of drug-likeness (QED) is 0.0962. The summed E-state index contributed by atoms with van der Waals surface area (Å²) in [6, 6.07) is 10.5. The largest absolute Gasteiger partial charge is 0.521 e. The monoisotopic (exact) mass is 672 g/mol. The fourth-order valence-corrected chi connectivity index (χ4v) is 9.78. The Morgan fingerprint density at radius 1 is 0.630 bits per heavy atom. The fraction of sp³-hybridized carbons (Fsp3) is 0.650. The van der Waals surface area contributed by atoms with Crippen LogP contribution in [-0.4, -0.2) is 18.6 Å². The summed E-state index contributed by atoms with van der Waals surface area (Å²) in [7, 11) is -3.23. The normalized spacial score (nSPS) is 12.4. The van der Waals surface area contributed by atoms with E-state index < -0.39 is 18.6 Å². The lowest BCUT2D eigenvalue weighted by Crippen LogP contribution is -2.37. The molecule has 1 aromatic rings. The van der Waals surface area contributed by atoms with E-state index >= 15 is 0 Å². The van der Waals surface area contributed by atoms with E-state index in [1.165, 1.54) is 36.8 Å². The maximum Gasteiger partial charge on any atom is 0.456 e. The highest BCUT2D eigenvalue weighted by Crippen LogP contribution is 2.43. The van der Waals surface area contributed by atoms with Gasteiger partial charge in [-0.05, 0) is 92.6 Å². The van der Waals surface area contributed by atoms with Crippen LogP contribution in [0, 0.1) is 10.8 Å². The van der Waals surface area contributed by atoms with Gasteiger partial charge in [-0.25, -0.2) is 0 Å². The zero-order valence-corrected chi connectivity index (χ0v) is 35.0. The summed E-state index contributed by atoms with van der Waals surface area (Å²) in [4.78, 5) is 0. The Bertz CT molecular complexity index is 1080. The van der Waals surface area contributed by atoms with Gasteiger partial charge in [0.25, 0.3) is 0 Å². The molecule has 0 amide bonds. The highest BCUT2D eigenvalue weighted by Gasteiger charge is 2.37. The minimum absolute atomic E-state index is 0.107. The first kappa shape index (κ1) is 43.8. The predicted octanol–water partition coefficient (Wildman–Crippen LogP) is 12.3. The van der Waals surface area contributed by atoms with Crippen molar-refractivity contribution in [3.8, 4) is 0 Å². The van der Waals surface area contributed by atoms with Gasteiger partial charge in [-0.2, -0.15) is 0 Å². The van der Waals surface area contributed by atoms with Crippen molar-refractivity contribution in [3.05, 3.63) is 84.7 Å². The zero-order valence-electron chi connectivity index (χ0n) is 32.6. The molecule has 0 saturated carbocycles. The number of rotatable bonds is 21. The van der Waals surface area contributed by atoms with Gasteiger partial charge in [0, 0.05) is 12.6 Å². The zero-order chi connectivity index (χ0) is 36.0. The smallest absolute Gasteiger partial charge is 0.456 e. The van der Waals surface area contributed by atoms with Gasteiger partial charge >= 0.3 is 18.6 Å². The Hall–Kier alpha value is -2.19. The summed E-state index contributed by atoms with van der Waals surface area (Å²) in [5.74, 6) is 2.88. The second kappa shape index (κ2) is 19.0. The van der Waals surface area contributed by atoms with Crippen LogP contribution >= 0.6 is 0 Å². The van der Waals surface area contributed by atoms with E-state index in [0.717, 1.165) is 36.8 Å². The highest BCUT2D eigenvalue weighted by atomic mass is 28.4. The van der Waals surface area contributed by atoms with Gasteiger partial charge in [0.2, 0.25) is 0 Å². The van der Waals surface area contributed by atoms with Crippen molar-refractivity contribution in [3.63, 3.8) is 0 Å². The lowest BCUT2D eigenvalue weighted by Gasteiger charge is -2.38. The van der Waals surface area contributed by atoms with Crippen molar-refractivity contribution in [2.75, 3.05) is 0 Å². The van der Waals surface area contributed by atoms with Crippen LogP contribution in [0.2, 0.25) is 12.6 Å². The Labute approximate surface area is 289 Å². The van der Waals surface area contributed by atoms with Crippen LogP contribution in [0.5, 0.6) is 0 Å². The van der Waals surface area contributed by atoms with Crippen molar-refractivity contribution in [1.29, 1.82) is 0 Å². The molecule has 0 spiro atoms. The molecule has 1 aromatic carbocycles. The van der Waals surface area contributed by atoms with Crippen LogP contribution < -0.4 is 0 Å². The Morgan fingerprint density at radius 3 is 1.28 bits per heavy atom. The third-order valence-corrected chi connectivity index (χ3v) is 12.4. The van der Waals surface area contributed by atoms with Crippen LogP contribution in [0.4, 0.5) is 0 Å². The molecule has 4 nitrogen and oxygen atoms in total. The van der Waals surface area contributed by atoms with Gasteiger partial charge in [0.05, 0.1) is 23.0 Å². The van der Waals surface area contributed by atoms with Crippen molar-refractivity contribution in [2.24, 2.45) is 10.8 Å². The van der Waals surface area contributed by atoms with E-state index in [4.69, 9.17) is 17.7 Å². The Balaban J connectivity index is 0.00000195. The average Bonchev–Trinajstić information content (AvgIpc) is 2.85. The van der Waals surface area contributed by atoms with Crippen molar-refractivity contribution in [1.82, 2.24) is 0 Å². The van der Waals surface area contributed by atoms with E-state index in [9.17, 15) is 0 Å². The van der Waals surface area contributed by atoms with E-state index in [0.29, 0.717) is 16.9 Å². The maximum atomic E-state index is 6.08. The molecule has 0 fully saturated rings. The first-order valence-corrected chi connectivity index (χ1v) is 20.9. The molecule has 0 radical (unpaired) electrons. The van der Waals surface area contributed by atoms with Gasteiger partial charge in [0.15, 0.2) is 0 Å². The Kier molecular flexibility index (Phi) is 18.1. The van der Waals surface area contributed by atoms with Crippen LogP contribution in [0.25, 0.3) is 0 Å². The summed E-state index contributed by atoms with van der Waals surface area (Å²) >= 11 is 0. The molecule has 0 aliphatic carbocycles. The minimum atomic E-state index is -2.35. The van der Waals surface area contributed by atoms with Crippen LogP contribution in [-0.2, 0) is 28.5 Å². The van der Waals surface area contributed by atoms with Gasteiger partial charge in [-0.3, -0.25) is 0 Å². The van der Waals surface area contributed by atoms with Crippen LogP contribution in [0.1, 0.15) is 146 Å². The second-order valence-corrected chi connectivity index (χ2v) is 20.5.